The number of carbonyl (C=O) groups excluding carboxylic acids is 1. The first-order chi connectivity index (χ1) is 12.8. The molecule has 1 saturated heterocycles. The number of methoxy groups -OCH3 is 1. The summed E-state index contributed by atoms with van der Waals surface area (Å²) in [4.78, 5) is 23.1. The van der Waals surface area contributed by atoms with Gasteiger partial charge in [0.1, 0.15) is 22.9 Å². The standard InChI is InChI=1S/C20H19N3O3/c1-25-19-16(7-4-11-22-19)20(24)23-12-9-15(13-23)26-17-8-2-5-14-6-3-10-21-18(14)17/h2-8,10-11,15H,9,12-13H2,1H3/t15-/m1/s1. The average molecular weight is 349 g/mol. The topological polar surface area (TPSA) is 64.5 Å². The molecule has 6 nitrogen and oxygen atoms in total. The number of hydrogen-bond donors (Lipinski definition) is 0. The number of pyridine rings is 2. The predicted molar refractivity (Wildman–Crippen MR) is 97.5 cm³/mol. The Labute approximate surface area is 151 Å². The molecule has 0 unspecified atom stereocenters. The third-order valence-corrected chi connectivity index (χ3v) is 4.52. The van der Waals surface area contributed by atoms with Crippen LogP contribution in [0.2, 0.25) is 0 Å². The second-order valence-corrected chi connectivity index (χ2v) is 6.17. The van der Waals surface area contributed by atoms with Crippen molar-refractivity contribution in [3.63, 3.8) is 0 Å². The number of likely N-dealkylation sites (tertiary alicyclic amines) is 1. The number of carbonyl (C=O) groups is 1. The zero-order chi connectivity index (χ0) is 17.9. The van der Waals surface area contributed by atoms with E-state index in [1.54, 1.807) is 29.4 Å². The maximum absolute atomic E-state index is 12.8. The number of amides is 1. The van der Waals surface area contributed by atoms with Crippen molar-refractivity contribution in [3.05, 3.63) is 60.4 Å². The third kappa shape index (κ3) is 3.06. The van der Waals surface area contributed by atoms with Crippen LogP contribution in [0, 0.1) is 0 Å². The fraction of sp³-hybridized carbons (Fsp3) is 0.250. The summed E-state index contributed by atoms with van der Waals surface area (Å²) in [5.41, 5.74) is 1.32. The molecule has 26 heavy (non-hydrogen) atoms. The van der Waals surface area contributed by atoms with Crippen molar-refractivity contribution in [2.75, 3.05) is 20.2 Å². The van der Waals surface area contributed by atoms with Crippen LogP contribution in [0.25, 0.3) is 10.9 Å². The molecule has 2 aromatic heterocycles. The van der Waals surface area contributed by atoms with E-state index in [4.69, 9.17) is 9.47 Å². The Morgan fingerprint density at radius 1 is 1.12 bits per heavy atom. The average Bonchev–Trinajstić information content (AvgIpc) is 3.16. The minimum absolute atomic E-state index is 0.0609. The van der Waals surface area contributed by atoms with Crippen LogP contribution in [-0.2, 0) is 0 Å². The van der Waals surface area contributed by atoms with Gasteiger partial charge in [0.2, 0.25) is 5.88 Å². The van der Waals surface area contributed by atoms with Gasteiger partial charge in [-0.15, -0.1) is 0 Å². The molecule has 1 aliphatic heterocycles. The molecule has 1 fully saturated rings. The van der Waals surface area contributed by atoms with Crippen molar-refractivity contribution in [2.24, 2.45) is 0 Å². The molecule has 0 aliphatic carbocycles. The van der Waals surface area contributed by atoms with Gasteiger partial charge < -0.3 is 14.4 Å². The fourth-order valence-electron chi connectivity index (χ4n) is 3.25. The Morgan fingerprint density at radius 3 is 2.81 bits per heavy atom. The number of para-hydroxylation sites is 1. The first kappa shape index (κ1) is 16.3. The second-order valence-electron chi connectivity index (χ2n) is 6.17. The maximum Gasteiger partial charge on any atom is 0.259 e. The summed E-state index contributed by atoms with van der Waals surface area (Å²) in [5.74, 6) is 1.01. The van der Waals surface area contributed by atoms with Gasteiger partial charge >= 0.3 is 0 Å². The largest absolute Gasteiger partial charge is 0.486 e. The number of aromatic nitrogens is 2. The number of rotatable bonds is 4. The molecule has 1 atom stereocenters. The monoisotopic (exact) mass is 349 g/mol. The first-order valence-electron chi connectivity index (χ1n) is 8.55. The van der Waals surface area contributed by atoms with Crippen molar-refractivity contribution in [2.45, 2.75) is 12.5 Å². The van der Waals surface area contributed by atoms with Crippen molar-refractivity contribution >= 4 is 16.8 Å². The highest BCUT2D eigenvalue weighted by atomic mass is 16.5. The van der Waals surface area contributed by atoms with E-state index in [-0.39, 0.29) is 12.0 Å². The van der Waals surface area contributed by atoms with E-state index in [9.17, 15) is 4.79 Å². The molecule has 0 saturated carbocycles. The number of hydrogen-bond acceptors (Lipinski definition) is 5. The summed E-state index contributed by atoms with van der Waals surface area (Å²) in [5, 5.41) is 1.04. The normalized spacial score (nSPS) is 16.7. The molecule has 132 valence electrons. The Balaban J connectivity index is 1.49. The summed E-state index contributed by atoms with van der Waals surface area (Å²) in [6, 6.07) is 13.3. The summed E-state index contributed by atoms with van der Waals surface area (Å²) in [6.45, 7) is 1.17. The van der Waals surface area contributed by atoms with E-state index < -0.39 is 0 Å². The maximum atomic E-state index is 12.8. The summed E-state index contributed by atoms with van der Waals surface area (Å²) in [7, 11) is 1.52. The quantitative estimate of drug-likeness (QED) is 0.725. The summed E-state index contributed by atoms with van der Waals surface area (Å²) in [6.07, 6.45) is 4.08. The lowest BCUT2D eigenvalue weighted by molar-refractivity contribution is 0.0768. The van der Waals surface area contributed by atoms with Crippen LogP contribution in [0.15, 0.2) is 54.9 Å². The van der Waals surface area contributed by atoms with Crippen molar-refractivity contribution < 1.29 is 14.3 Å². The molecule has 0 N–H and O–H groups in total. The van der Waals surface area contributed by atoms with Crippen LogP contribution in [0.5, 0.6) is 11.6 Å². The number of benzene rings is 1. The Bertz CT molecular complexity index is 939. The number of fused-ring (bicyclic) bond motifs is 1. The van der Waals surface area contributed by atoms with Gasteiger partial charge in [-0.2, -0.15) is 0 Å². The van der Waals surface area contributed by atoms with E-state index >= 15 is 0 Å². The molecule has 3 heterocycles. The summed E-state index contributed by atoms with van der Waals surface area (Å²) >= 11 is 0. The van der Waals surface area contributed by atoms with Crippen LogP contribution >= 0.6 is 0 Å². The molecule has 1 amide bonds. The van der Waals surface area contributed by atoms with Gasteiger partial charge in [-0.1, -0.05) is 18.2 Å². The van der Waals surface area contributed by atoms with E-state index in [0.717, 1.165) is 23.1 Å². The zero-order valence-electron chi connectivity index (χ0n) is 14.5. The van der Waals surface area contributed by atoms with Crippen LogP contribution in [0.3, 0.4) is 0 Å². The molecular formula is C20H19N3O3. The van der Waals surface area contributed by atoms with Gasteiger partial charge in [-0.05, 0) is 24.3 Å². The summed E-state index contributed by atoms with van der Waals surface area (Å²) < 4.78 is 11.4. The van der Waals surface area contributed by atoms with E-state index in [0.29, 0.717) is 24.5 Å². The molecule has 0 radical (unpaired) electrons. The lowest BCUT2D eigenvalue weighted by atomic mass is 10.2. The zero-order valence-corrected chi connectivity index (χ0v) is 14.5. The molecule has 6 heteroatoms. The highest BCUT2D eigenvalue weighted by molar-refractivity contribution is 5.96. The minimum atomic E-state index is -0.0860. The Kier molecular flexibility index (Phi) is 4.39. The smallest absolute Gasteiger partial charge is 0.259 e. The number of nitrogens with zero attached hydrogens (tertiary/aromatic N) is 3. The van der Waals surface area contributed by atoms with Crippen LogP contribution < -0.4 is 9.47 Å². The van der Waals surface area contributed by atoms with E-state index in [2.05, 4.69) is 9.97 Å². The molecule has 0 spiro atoms. The van der Waals surface area contributed by atoms with E-state index in [1.165, 1.54) is 7.11 Å². The van der Waals surface area contributed by atoms with Crippen molar-refractivity contribution in [1.82, 2.24) is 14.9 Å². The van der Waals surface area contributed by atoms with Crippen LogP contribution in [0.1, 0.15) is 16.8 Å². The molecule has 4 rings (SSSR count). The van der Waals surface area contributed by atoms with Gasteiger partial charge in [0.05, 0.1) is 13.7 Å². The SMILES string of the molecule is COc1ncccc1C(=O)N1CC[C@@H](Oc2cccc3cccnc23)C1. The van der Waals surface area contributed by atoms with Gasteiger partial charge in [-0.25, -0.2) is 4.98 Å². The fourth-order valence-corrected chi connectivity index (χ4v) is 3.25. The molecule has 0 bridgehead atoms. The minimum Gasteiger partial charge on any atom is -0.486 e. The van der Waals surface area contributed by atoms with Crippen LogP contribution in [-0.4, -0.2) is 47.1 Å². The van der Waals surface area contributed by atoms with Gasteiger partial charge in [0, 0.05) is 30.7 Å². The number of ether oxygens (including phenoxy) is 2. The molecule has 1 aliphatic rings. The Hall–Kier alpha value is -3.15. The lowest BCUT2D eigenvalue weighted by Crippen LogP contribution is -2.31. The van der Waals surface area contributed by atoms with Gasteiger partial charge in [0.15, 0.2) is 0 Å². The molecular weight excluding hydrogens is 330 g/mol. The van der Waals surface area contributed by atoms with E-state index in [1.807, 2.05) is 30.3 Å². The first-order valence-corrected chi connectivity index (χ1v) is 8.55. The van der Waals surface area contributed by atoms with Crippen molar-refractivity contribution in [3.8, 4) is 11.6 Å². The van der Waals surface area contributed by atoms with Gasteiger partial charge in [0.25, 0.3) is 5.91 Å². The third-order valence-electron chi connectivity index (χ3n) is 4.52. The highest BCUT2D eigenvalue weighted by Crippen LogP contribution is 2.27. The van der Waals surface area contributed by atoms with Crippen LogP contribution in [0.4, 0.5) is 0 Å². The molecule has 1 aromatic carbocycles. The lowest BCUT2D eigenvalue weighted by Gasteiger charge is -2.18. The predicted octanol–water partition coefficient (Wildman–Crippen LogP) is 2.93. The second kappa shape index (κ2) is 7.00. The van der Waals surface area contributed by atoms with Crippen molar-refractivity contribution in [1.29, 1.82) is 0 Å². The Morgan fingerprint density at radius 2 is 1.92 bits per heavy atom. The molecule has 3 aromatic rings. The van der Waals surface area contributed by atoms with Gasteiger partial charge in [-0.3, -0.25) is 9.78 Å². The highest BCUT2D eigenvalue weighted by Gasteiger charge is 2.30.